The highest BCUT2D eigenvalue weighted by molar-refractivity contribution is 7.99. The highest BCUT2D eigenvalue weighted by Gasteiger charge is 2.31. The molecule has 1 heterocycles. The highest BCUT2D eigenvalue weighted by atomic mass is 32.2. The van der Waals surface area contributed by atoms with E-state index in [9.17, 15) is 12.8 Å². The molecule has 0 spiro atoms. The summed E-state index contributed by atoms with van der Waals surface area (Å²) in [5.41, 5.74) is 0.0743. The van der Waals surface area contributed by atoms with Gasteiger partial charge in [0.15, 0.2) is 0 Å². The maximum absolute atomic E-state index is 13.9. The first kappa shape index (κ1) is 16.3. The second-order valence-electron chi connectivity index (χ2n) is 4.64. The predicted octanol–water partition coefficient (Wildman–Crippen LogP) is 1.30. The maximum atomic E-state index is 13.9. The number of hydrogen-bond acceptors (Lipinski definition) is 4. The molecule has 1 aliphatic heterocycles. The van der Waals surface area contributed by atoms with E-state index in [1.165, 1.54) is 16.4 Å². The van der Waals surface area contributed by atoms with Crippen molar-refractivity contribution in [3.63, 3.8) is 0 Å². The van der Waals surface area contributed by atoms with Crippen molar-refractivity contribution in [3.8, 4) is 11.8 Å². The average molecular weight is 329 g/mol. The Kier molecular flexibility index (Phi) is 5.27. The summed E-state index contributed by atoms with van der Waals surface area (Å²) in [6.07, 6.45) is 0. The number of rotatable bonds is 2. The number of aliphatic hydroxyl groups excluding tert-OH is 1. The Morgan fingerprint density at radius 1 is 1.52 bits per heavy atom. The standard InChI is InChI=1S/C14H16FNO3S2/c1-11-10-20-8-6-16(11)21(18,19)13-5-4-12(3-2-7-17)14(15)9-13/h4-5,9,11,17H,6-8,10H2,1H3. The lowest BCUT2D eigenvalue weighted by Gasteiger charge is -2.31. The average Bonchev–Trinajstić information content (AvgIpc) is 2.46. The first-order valence-electron chi connectivity index (χ1n) is 6.45. The first-order valence-corrected chi connectivity index (χ1v) is 9.05. The van der Waals surface area contributed by atoms with Crippen LogP contribution in [0.25, 0.3) is 0 Å². The zero-order valence-corrected chi connectivity index (χ0v) is 13.2. The highest BCUT2D eigenvalue weighted by Crippen LogP contribution is 2.25. The molecule has 0 radical (unpaired) electrons. The molecule has 0 aliphatic carbocycles. The number of benzene rings is 1. The monoisotopic (exact) mass is 329 g/mol. The van der Waals surface area contributed by atoms with Crippen molar-refractivity contribution < 1.29 is 17.9 Å². The first-order chi connectivity index (χ1) is 9.96. The van der Waals surface area contributed by atoms with Crippen LogP contribution in [0, 0.1) is 17.7 Å². The van der Waals surface area contributed by atoms with Crippen molar-refractivity contribution in [2.24, 2.45) is 0 Å². The fourth-order valence-corrected chi connectivity index (χ4v) is 4.96. The van der Waals surface area contributed by atoms with Crippen molar-refractivity contribution in [2.45, 2.75) is 17.9 Å². The Morgan fingerprint density at radius 2 is 2.29 bits per heavy atom. The number of aliphatic hydroxyl groups is 1. The SMILES string of the molecule is CC1CSCCN1S(=O)(=O)c1ccc(C#CCO)c(F)c1. The van der Waals surface area contributed by atoms with E-state index < -0.39 is 15.8 Å². The van der Waals surface area contributed by atoms with Gasteiger partial charge >= 0.3 is 0 Å². The third kappa shape index (κ3) is 3.58. The van der Waals surface area contributed by atoms with E-state index in [2.05, 4.69) is 11.8 Å². The van der Waals surface area contributed by atoms with Gasteiger partial charge < -0.3 is 5.11 Å². The molecule has 114 valence electrons. The molecule has 1 fully saturated rings. The zero-order chi connectivity index (χ0) is 15.5. The lowest BCUT2D eigenvalue weighted by molar-refractivity contribution is 0.350. The summed E-state index contributed by atoms with van der Waals surface area (Å²) in [5, 5.41) is 8.60. The summed E-state index contributed by atoms with van der Waals surface area (Å²) in [6.45, 7) is 1.91. The van der Waals surface area contributed by atoms with Gasteiger partial charge in [-0.3, -0.25) is 0 Å². The van der Waals surface area contributed by atoms with Crippen LogP contribution >= 0.6 is 11.8 Å². The van der Waals surface area contributed by atoms with Crippen molar-refractivity contribution in [2.75, 3.05) is 24.7 Å². The van der Waals surface area contributed by atoms with Crippen LogP contribution in [0.5, 0.6) is 0 Å². The lowest BCUT2D eigenvalue weighted by Crippen LogP contribution is -2.44. The molecule has 7 heteroatoms. The van der Waals surface area contributed by atoms with Crippen LogP contribution in [0.4, 0.5) is 4.39 Å². The summed E-state index contributed by atoms with van der Waals surface area (Å²) in [6, 6.07) is 3.57. The molecule has 21 heavy (non-hydrogen) atoms. The van der Waals surface area contributed by atoms with E-state index in [-0.39, 0.29) is 23.1 Å². The summed E-state index contributed by atoms with van der Waals surface area (Å²) in [4.78, 5) is -0.0618. The molecule has 0 saturated carbocycles. The fraction of sp³-hybridized carbons (Fsp3) is 0.429. The van der Waals surface area contributed by atoms with Gasteiger partial charge in [-0.2, -0.15) is 16.1 Å². The molecule has 0 bridgehead atoms. The lowest BCUT2D eigenvalue weighted by atomic mass is 10.2. The van der Waals surface area contributed by atoms with Gasteiger partial charge in [0.25, 0.3) is 0 Å². The van der Waals surface area contributed by atoms with Gasteiger partial charge in [0.2, 0.25) is 10.0 Å². The van der Waals surface area contributed by atoms with Crippen LogP contribution in [-0.2, 0) is 10.0 Å². The van der Waals surface area contributed by atoms with Gasteiger partial charge in [-0.1, -0.05) is 11.8 Å². The Hall–Kier alpha value is -1.07. The van der Waals surface area contributed by atoms with E-state index in [1.54, 1.807) is 11.8 Å². The molecule has 1 aromatic carbocycles. The van der Waals surface area contributed by atoms with E-state index >= 15 is 0 Å². The van der Waals surface area contributed by atoms with Crippen molar-refractivity contribution in [3.05, 3.63) is 29.6 Å². The largest absolute Gasteiger partial charge is 0.384 e. The van der Waals surface area contributed by atoms with Crippen molar-refractivity contribution in [1.82, 2.24) is 4.31 Å². The molecule has 0 amide bonds. The van der Waals surface area contributed by atoms with Gasteiger partial charge in [-0.25, -0.2) is 12.8 Å². The topological polar surface area (TPSA) is 57.6 Å². The summed E-state index contributed by atoms with van der Waals surface area (Å²) >= 11 is 1.71. The Bertz CT molecular complexity index is 679. The molecule has 1 aromatic rings. The summed E-state index contributed by atoms with van der Waals surface area (Å²) < 4.78 is 40.4. The molecular formula is C14H16FNO3S2. The third-order valence-electron chi connectivity index (χ3n) is 3.16. The Morgan fingerprint density at radius 3 is 2.90 bits per heavy atom. The van der Waals surface area contributed by atoms with E-state index in [0.717, 1.165) is 17.6 Å². The second kappa shape index (κ2) is 6.79. The molecule has 1 unspecified atom stereocenters. The molecular weight excluding hydrogens is 313 g/mol. The minimum absolute atomic E-state index is 0.0618. The van der Waals surface area contributed by atoms with Gasteiger partial charge in [0.05, 0.1) is 10.5 Å². The Labute approximate surface area is 128 Å². The quantitative estimate of drug-likeness (QED) is 0.831. The van der Waals surface area contributed by atoms with Crippen molar-refractivity contribution >= 4 is 21.8 Å². The number of thioether (sulfide) groups is 1. The number of nitrogens with zero attached hydrogens (tertiary/aromatic N) is 1. The molecule has 4 nitrogen and oxygen atoms in total. The van der Waals surface area contributed by atoms with Gasteiger partial charge in [-0.15, -0.1) is 0 Å². The predicted molar refractivity (Wildman–Crippen MR) is 81.0 cm³/mol. The second-order valence-corrected chi connectivity index (χ2v) is 7.68. The summed E-state index contributed by atoms with van der Waals surface area (Å²) in [7, 11) is -3.69. The molecule has 1 N–H and O–H groups in total. The zero-order valence-electron chi connectivity index (χ0n) is 11.5. The maximum Gasteiger partial charge on any atom is 0.243 e. The molecule has 1 atom stereocenters. The fourth-order valence-electron chi connectivity index (χ4n) is 2.10. The van der Waals surface area contributed by atoms with Crippen LogP contribution < -0.4 is 0 Å². The van der Waals surface area contributed by atoms with Gasteiger partial charge in [0, 0.05) is 24.1 Å². The number of sulfonamides is 1. The number of halogens is 1. The van der Waals surface area contributed by atoms with Crippen LogP contribution in [0.2, 0.25) is 0 Å². The van der Waals surface area contributed by atoms with Crippen LogP contribution in [0.15, 0.2) is 23.1 Å². The van der Waals surface area contributed by atoms with Crippen LogP contribution in [0.3, 0.4) is 0 Å². The minimum atomic E-state index is -3.69. The van der Waals surface area contributed by atoms with E-state index in [1.807, 2.05) is 6.92 Å². The van der Waals surface area contributed by atoms with Crippen LogP contribution in [-0.4, -0.2) is 48.5 Å². The Balaban J connectivity index is 2.34. The molecule has 1 aliphatic rings. The minimum Gasteiger partial charge on any atom is -0.384 e. The van der Waals surface area contributed by atoms with E-state index in [0.29, 0.717) is 6.54 Å². The van der Waals surface area contributed by atoms with Gasteiger partial charge in [-0.05, 0) is 25.1 Å². The normalized spacial score (nSPS) is 19.9. The molecule has 2 rings (SSSR count). The number of hydrogen-bond donors (Lipinski definition) is 1. The smallest absolute Gasteiger partial charge is 0.243 e. The third-order valence-corrected chi connectivity index (χ3v) is 6.35. The van der Waals surface area contributed by atoms with Crippen molar-refractivity contribution in [1.29, 1.82) is 0 Å². The van der Waals surface area contributed by atoms with Crippen LogP contribution in [0.1, 0.15) is 12.5 Å². The van der Waals surface area contributed by atoms with E-state index in [4.69, 9.17) is 5.11 Å². The van der Waals surface area contributed by atoms with Gasteiger partial charge in [0.1, 0.15) is 12.4 Å². The molecule has 0 aromatic heterocycles. The summed E-state index contributed by atoms with van der Waals surface area (Å²) in [5.74, 6) is 5.56. The molecule has 1 saturated heterocycles.